The molecule has 1 aromatic carbocycles. The molecule has 3 aromatic rings. The third-order valence-electron chi connectivity index (χ3n) is 6.53. The molecule has 4 heterocycles. The number of amides is 1. The predicted molar refractivity (Wildman–Crippen MR) is 112 cm³/mol. The average molecular weight is 409 g/mol. The van der Waals surface area contributed by atoms with Gasteiger partial charge >= 0.3 is 0 Å². The lowest BCUT2D eigenvalue weighted by Gasteiger charge is -2.32. The number of carbonyl (C=O) groups is 1. The van der Waals surface area contributed by atoms with Gasteiger partial charge in [-0.15, -0.1) is 0 Å². The van der Waals surface area contributed by atoms with Gasteiger partial charge in [-0.25, -0.2) is 0 Å². The van der Waals surface area contributed by atoms with Gasteiger partial charge in [-0.05, 0) is 62.3 Å². The lowest BCUT2D eigenvalue weighted by molar-refractivity contribution is 0.0686. The van der Waals surface area contributed by atoms with Crippen LogP contribution in [0.15, 0.2) is 35.0 Å². The zero-order valence-corrected chi connectivity index (χ0v) is 17.2. The second kappa shape index (κ2) is 8.60. The van der Waals surface area contributed by atoms with Crippen LogP contribution in [0.1, 0.15) is 60.1 Å². The molecule has 1 N–H and O–H groups in total. The van der Waals surface area contributed by atoms with Crippen LogP contribution in [-0.4, -0.2) is 52.2 Å². The van der Waals surface area contributed by atoms with Gasteiger partial charge in [-0.3, -0.25) is 4.79 Å². The summed E-state index contributed by atoms with van der Waals surface area (Å²) in [5, 5.41) is 5.26. The molecule has 7 heteroatoms. The molecule has 2 aromatic heterocycles. The number of H-pyrrole nitrogens is 1. The summed E-state index contributed by atoms with van der Waals surface area (Å²) in [6.07, 6.45) is 7.78. The fraction of sp³-hybridized carbons (Fsp3) is 0.522. The van der Waals surface area contributed by atoms with E-state index >= 15 is 0 Å². The molecule has 0 atom stereocenters. The van der Waals surface area contributed by atoms with Gasteiger partial charge in [-0.2, -0.15) is 4.98 Å². The summed E-state index contributed by atoms with van der Waals surface area (Å²) < 4.78 is 10.9. The summed E-state index contributed by atoms with van der Waals surface area (Å²) >= 11 is 0. The summed E-state index contributed by atoms with van der Waals surface area (Å²) in [5.74, 6) is 2.67. The van der Waals surface area contributed by atoms with Crippen LogP contribution in [0.4, 0.5) is 0 Å². The quantitative estimate of drug-likeness (QED) is 0.691. The van der Waals surface area contributed by atoms with Crippen molar-refractivity contribution in [3.8, 4) is 0 Å². The molecule has 0 spiro atoms. The predicted octanol–water partition coefficient (Wildman–Crippen LogP) is 3.93. The number of piperidine rings is 1. The summed E-state index contributed by atoms with van der Waals surface area (Å²) in [5.41, 5.74) is 1.83. The fourth-order valence-electron chi connectivity index (χ4n) is 4.61. The largest absolute Gasteiger partial charge is 0.381 e. The maximum atomic E-state index is 12.9. The normalized spacial score (nSPS) is 18.9. The minimum atomic E-state index is 0.135. The zero-order chi connectivity index (χ0) is 20.3. The van der Waals surface area contributed by atoms with Gasteiger partial charge in [0.15, 0.2) is 5.82 Å². The van der Waals surface area contributed by atoms with E-state index in [1.165, 1.54) is 0 Å². The maximum Gasteiger partial charge on any atom is 0.253 e. The molecule has 2 aliphatic heterocycles. The van der Waals surface area contributed by atoms with Gasteiger partial charge in [0.05, 0.1) is 0 Å². The first-order valence-corrected chi connectivity index (χ1v) is 11.0. The Balaban J connectivity index is 1.11. The second-order valence-corrected chi connectivity index (χ2v) is 8.49. The van der Waals surface area contributed by atoms with Crippen LogP contribution >= 0.6 is 0 Å². The van der Waals surface area contributed by atoms with Gasteiger partial charge < -0.3 is 19.1 Å². The highest BCUT2D eigenvalue weighted by Gasteiger charge is 2.25. The Morgan fingerprint density at radius 1 is 1.13 bits per heavy atom. The Hall–Kier alpha value is -2.67. The molecule has 30 heavy (non-hydrogen) atoms. The number of hydrogen-bond donors (Lipinski definition) is 1. The van der Waals surface area contributed by atoms with E-state index in [1.54, 1.807) is 0 Å². The van der Waals surface area contributed by atoms with Crippen molar-refractivity contribution in [2.45, 2.75) is 44.4 Å². The van der Waals surface area contributed by atoms with Crippen LogP contribution in [-0.2, 0) is 11.2 Å². The van der Waals surface area contributed by atoms with Gasteiger partial charge in [-0.1, -0.05) is 5.16 Å². The molecule has 2 saturated heterocycles. The smallest absolute Gasteiger partial charge is 0.253 e. The van der Waals surface area contributed by atoms with Crippen molar-refractivity contribution in [2.75, 3.05) is 26.3 Å². The number of nitrogens with zero attached hydrogens (tertiary/aromatic N) is 3. The molecule has 0 bridgehead atoms. The van der Waals surface area contributed by atoms with E-state index in [2.05, 4.69) is 15.1 Å². The molecular weight excluding hydrogens is 380 g/mol. The van der Waals surface area contributed by atoms with Crippen LogP contribution in [0.5, 0.6) is 0 Å². The minimum Gasteiger partial charge on any atom is -0.381 e. The molecule has 0 aliphatic carbocycles. The number of hydrogen-bond acceptors (Lipinski definition) is 5. The third kappa shape index (κ3) is 4.12. The Labute approximate surface area is 175 Å². The number of benzene rings is 1. The topological polar surface area (TPSA) is 84.2 Å². The van der Waals surface area contributed by atoms with E-state index in [9.17, 15) is 4.79 Å². The Bertz CT molecular complexity index is 997. The molecule has 0 unspecified atom stereocenters. The van der Waals surface area contributed by atoms with Crippen molar-refractivity contribution in [2.24, 2.45) is 5.92 Å². The molecule has 2 fully saturated rings. The van der Waals surface area contributed by atoms with Gasteiger partial charge in [0.1, 0.15) is 0 Å². The fourth-order valence-corrected chi connectivity index (χ4v) is 4.61. The number of aromatic nitrogens is 3. The van der Waals surface area contributed by atoms with Crippen molar-refractivity contribution < 1.29 is 14.1 Å². The second-order valence-electron chi connectivity index (χ2n) is 8.49. The first-order chi connectivity index (χ1) is 14.8. The molecule has 1 amide bonds. The average Bonchev–Trinajstić information content (AvgIpc) is 3.47. The highest BCUT2D eigenvalue weighted by molar-refractivity contribution is 5.98. The van der Waals surface area contributed by atoms with E-state index in [4.69, 9.17) is 9.26 Å². The van der Waals surface area contributed by atoms with Crippen LogP contribution in [0, 0.1) is 5.92 Å². The zero-order valence-electron chi connectivity index (χ0n) is 17.2. The molecule has 7 nitrogen and oxygen atoms in total. The first-order valence-electron chi connectivity index (χ1n) is 11.0. The number of fused-ring (bicyclic) bond motifs is 1. The molecule has 2 aliphatic rings. The molecular formula is C23H28N4O3. The van der Waals surface area contributed by atoms with Crippen LogP contribution in [0.3, 0.4) is 0 Å². The highest BCUT2D eigenvalue weighted by Crippen LogP contribution is 2.27. The van der Waals surface area contributed by atoms with E-state index in [-0.39, 0.29) is 5.91 Å². The van der Waals surface area contributed by atoms with E-state index in [0.29, 0.717) is 11.8 Å². The van der Waals surface area contributed by atoms with E-state index in [0.717, 1.165) is 93.0 Å². The Morgan fingerprint density at radius 2 is 1.97 bits per heavy atom. The summed E-state index contributed by atoms with van der Waals surface area (Å²) in [7, 11) is 0. The van der Waals surface area contributed by atoms with Gasteiger partial charge in [0.2, 0.25) is 5.89 Å². The van der Waals surface area contributed by atoms with Gasteiger partial charge in [0.25, 0.3) is 5.91 Å². The van der Waals surface area contributed by atoms with Crippen LogP contribution in [0.25, 0.3) is 10.9 Å². The van der Waals surface area contributed by atoms with E-state index < -0.39 is 0 Å². The standard InChI is InChI=1S/C23H28N4O3/c28-23(19-2-3-20-18(15-19)5-10-24-20)27-11-6-16(7-12-27)1-4-21-25-22(30-26-21)17-8-13-29-14-9-17/h2-3,5,10,15-17,24H,1,4,6-9,11-14H2. The lowest BCUT2D eigenvalue weighted by Crippen LogP contribution is -2.38. The number of rotatable bonds is 5. The minimum absolute atomic E-state index is 0.135. The van der Waals surface area contributed by atoms with Crippen molar-refractivity contribution in [3.63, 3.8) is 0 Å². The van der Waals surface area contributed by atoms with Crippen LogP contribution in [0.2, 0.25) is 0 Å². The monoisotopic (exact) mass is 408 g/mol. The number of ether oxygens (including phenoxy) is 1. The number of aryl methyl sites for hydroxylation is 1. The highest BCUT2D eigenvalue weighted by atomic mass is 16.5. The molecule has 5 rings (SSSR count). The molecule has 0 radical (unpaired) electrons. The SMILES string of the molecule is O=C(c1ccc2[nH]ccc2c1)N1CCC(CCc2noc(C3CCOCC3)n2)CC1. The summed E-state index contributed by atoms with van der Waals surface area (Å²) in [4.78, 5) is 22.7. The Morgan fingerprint density at radius 3 is 2.80 bits per heavy atom. The summed E-state index contributed by atoms with van der Waals surface area (Å²) in [6, 6.07) is 7.88. The number of nitrogens with one attached hydrogen (secondary N) is 1. The van der Waals surface area contributed by atoms with E-state index in [1.807, 2.05) is 35.4 Å². The van der Waals surface area contributed by atoms with Crippen LogP contribution < -0.4 is 0 Å². The van der Waals surface area contributed by atoms with Crippen molar-refractivity contribution >= 4 is 16.8 Å². The van der Waals surface area contributed by atoms with Crippen molar-refractivity contribution in [3.05, 3.63) is 47.7 Å². The molecule has 158 valence electrons. The Kier molecular flexibility index (Phi) is 5.53. The lowest BCUT2D eigenvalue weighted by atomic mass is 9.91. The molecule has 0 saturated carbocycles. The summed E-state index contributed by atoms with van der Waals surface area (Å²) in [6.45, 7) is 3.18. The number of aromatic amines is 1. The maximum absolute atomic E-state index is 12.9. The third-order valence-corrected chi connectivity index (χ3v) is 6.53. The van der Waals surface area contributed by atoms with Crippen molar-refractivity contribution in [1.29, 1.82) is 0 Å². The number of likely N-dealkylation sites (tertiary alicyclic amines) is 1. The number of carbonyl (C=O) groups excluding carboxylic acids is 1. The van der Waals surface area contributed by atoms with Crippen molar-refractivity contribution in [1.82, 2.24) is 20.0 Å². The first kappa shape index (κ1) is 19.3. The van der Waals surface area contributed by atoms with Gasteiger partial charge in [0, 0.05) is 61.3 Å².